The second kappa shape index (κ2) is 10.1. The van der Waals surface area contributed by atoms with E-state index in [0.717, 1.165) is 44.9 Å². The van der Waals surface area contributed by atoms with E-state index in [1.165, 1.54) is 0 Å². The van der Waals surface area contributed by atoms with Crippen LogP contribution in [0.4, 0.5) is 0 Å². The van der Waals surface area contributed by atoms with E-state index >= 15 is 0 Å². The second-order valence-corrected chi connectivity index (χ2v) is 4.32. The Hall–Kier alpha value is -1.06. The summed E-state index contributed by atoms with van der Waals surface area (Å²) in [4.78, 5) is 21.6. The third-order valence-electron chi connectivity index (χ3n) is 2.60. The number of unbranched alkanes of at least 4 members (excludes halogenated alkanes) is 3. The second-order valence-electron chi connectivity index (χ2n) is 4.32. The summed E-state index contributed by atoms with van der Waals surface area (Å²) in [7, 11) is 0. The monoisotopic (exact) mass is 244 g/mol. The molecular formula is C13H24O4. The highest BCUT2D eigenvalue weighted by molar-refractivity contribution is 5.90. The zero-order valence-corrected chi connectivity index (χ0v) is 10.9. The van der Waals surface area contributed by atoms with Gasteiger partial charge in [-0.05, 0) is 19.3 Å². The van der Waals surface area contributed by atoms with E-state index in [4.69, 9.17) is 9.84 Å². The van der Waals surface area contributed by atoms with Crippen molar-refractivity contribution < 1.29 is 19.4 Å². The average molecular weight is 244 g/mol. The molecule has 0 spiro atoms. The largest absolute Gasteiger partial charge is 0.481 e. The van der Waals surface area contributed by atoms with Crippen molar-refractivity contribution in [3.63, 3.8) is 0 Å². The number of ether oxygens (including phenoxy) is 1. The van der Waals surface area contributed by atoms with Gasteiger partial charge in [-0.1, -0.05) is 39.5 Å². The van der Waals surface area contributed by atoms with Crippen LogP contribution >= 0.6 is 0 Å². The maximum atomic E-state index is 11.3. The van der Waals surface area contributed by atoms with E-state index in [9.17, 15) is 9.59 Å². The molecule has 0 heterocycles. The first kappa shape index (κ1) is 15.9. The summed E-state index contributed by atoms with van der Waals surface area (Å²) in [6, 6.07) is 0. The van der Waals surface area contributed by atoms with Gasteiger partial charge in [0.1, 0.15) is 12.5 Å². The quantitative estimate of drug-likeness (QED) is 0.364. The van der Waals surface area contributed by atoms with Gasteiger partial charge in [0, 0.05) is 0 Å². The molecule has 0 aliphatic heterocycles. The Balaban J connectivity index is 3.98. The SMILES string of the molecule is CCCCCC(CCCC)OC(=O)CC(=O)O. The predicted octanol–water partition coefficient (Wildman–Crippen LogP) is 3.14. The van der Waals surface area contributed by atoms with E-state index in [1.54, 1.807) is 0 Å². The predicted molar refractivity (Wildman–Crippen MR) is 65.8 cm³/mol. The Kier molecular flexibility index (Phi) is 9.49. The maximum Gasteiger partial charge on any atom is 0.317 e. The maximum absolute atomic E-state index is 11.3. The lowest BCUT2D eigenvalue weighted by Gasteiger charge is -2.17. The number of esters is 1. The Bertz CT molecular complexity index is 225. The molecule has 0 radical (unpaired) electrons. The van der Waals surface area contributed by atoms with Crippen LogP contribution in [0, 0.1) is 0 Å². The molecule has 0 amide bonds. The van der Waals surface area contributed by atoms with Gasteiger partial charge in [-0.2, -0.15) is 0 Å². The number of rotatable bonds is 10. The van der Waals surface area contributed by atoms with Crippen molar-refractivity contribution in [3.8, 4) is 0 Å². The summed E-state index contributed by atoms with van der Waals surface area (Å²) in [6.07, 6.45) is 6.40. The van der Waals surface area contributed by atoms with E-state index in [0.29, 0.717) is 0 Å². The molecule has 0 saturated heterocycles. The van der Waals surface area contributed by atoms with Crippen molar-refractivity contribution in [1.82, 2.24) is 0 Å². The zero-order chi connectivity index (χ0) is 13.1. The van der Waals surface area contributed by atoms with Gasteiger partial charge < -0.3 is 9.84 Å². The first-order chi connectivity index (χ1) is 8.10. The minimum absolute atomic E-state index is 0.103. The van der Waals surface area contributed by atoms with E-state index in [1.807, 2.05) is 0 Å². The Labute approximate surface area is 103 Å². The molecule has 4 nitrogen and oxygen atoms in total. The van der Waals surface area contributed by atoms with Gasteiger partial charge in [-0.25, -0.2) is 0 Å². The Morgan fingerprint density at radius 3 is 2.18 bits per heavy atom. The van der Waals surface area contributed by atoms with E-state index in [-0.39, 0.29) is 6.10 Å². The van der Waals surface area contributed by atoms with Crippen LogP contribution in [-0.4, -0.2) is 23.1 Å². The highest BCUT2D eigenvalue weighted by atomic mass is 16.5. The number of carboxylic acid groups (broad SMARTS) is 1. The van der Waals surface area contributed by atoms with Crippen molar-refractivity contribution in [1.29, 1.82) is 0 Å². The molecule has 0 aromatic carbocycles. The van der Waals surface area contributed by atoms with Crippen LogP contribution in [0.25, 0.3) is 0 Å². The first-order valence-electron chi connectivity index (χ1n) is 6.51. The summed E-state index contributed by atoms with van der Waals surface area (Å²) < 4.78 is 5.19. The molecule has 0 rings (SSSR count). The standard InChI is InChI=1S/C13H24O4/c1-3-5-7-9-11(8-6-4-2)17-13(16)10-12(14)15/h11H,3-10H2,1-2H3,(H,14,15). The Morgan fingerprint density at radius 1 is 1.06 bits per heavy atom. The number of hydrogen-bond donors (Lipinski definition) is 1. The van der Waals surface area contributed by atoms with Crippen LogP contribution in [0.15, 0.2) is 0 Å². The summed E-state index contributed by atoms with van der Waals surface area (Å²) >= 11 is 0. The van der Waals surface area contributed by atoms with Crippen LogP contribution in [-0.2, 0) is 14.3 Å². The number of carboxylic acids is 1. The van der Waals surface area contributed by atoms with Crippen LogP contribution in [0.1, 0.15) is 65.2 Å². The van der Waals surface area contributed by atoms with Crippen molar-refractivity contribution in [2.45, 2.75) is 71.3 Å². The number of carbonyl (C=O) groups excluding carboxylic acids is 1. The van der Waals surface area contributed by atoms with Gasteiger partial charge in [0.05, 0.1) is 0 Å². The number of aliphatic carboxylic acids is 1. The molecular weight excluding hydrogens is 220 g/mol. The molecule has 0 aliphatic carbocycles. The van der Waals surface area contributed by atoms with E-state index in [2.05, 4.69) is 13.8 Å². The molecule has 100 valence electrons. The summed E-state index contributed by atoms with van der Waals surface area (Å²) in [5.74, 6) is -1.74. The Morgan fingerprint density at radius 2 is 1.65 bits per heavy atom. The fourth-order valence-electron chi connectivity index (χ4n) is 1.67. The minimum atomic E-state index is -1.13. The van der Waals surface area contributed by atoms with Crippen molar-refractivity contribution in [2.24, 2.45) is 0 Å². The molecule has 0 fully saturated rings. The molecule has 0 saturated carbocycles. The van der Waals surface area contributed by atoms with Crippen molar-refractivity contribution in [2.75, 3.05) is 0 Å². The van der Waals surface area contributed by atoms with Crippen molar-refractivity contribution >= 4 is 11.9 Å². The van der Waals surface area contributed by atoms with Gasteiger partial charge >= 0.3 is 11.9 Å². The fraction of sp³-hybridized carbons (Fsp3) is 0.846. The van der Waals surface area contributed by atoms with Crippen LogP contribution < -0.4 is 0 Å². The lowest BCUT2D eigenvalue weighted by molar-refractivity contribution is -0.155. The summed E-state index contributed by atoms with van der Waals surface area (Å²) in [6.45, 7) is 4.21. The number of carbonyl (C=O) groups is 2. The van der Waals surface area contributed by atoms with Crippen molar-refractivity contribution in [3.05, 3.63) is 0 Å². The fourth-order valence-corrected chi connectivity index (χ4v) is 1.67. The van der Waals surface area contributed by atoms with Gasteiger partial charge in [-0.15, -0.1) is 0 Å². The molecule has 4 heteroatoms. The lowest BCUT2D eigenvalue weighted by atomic mass is 10.1. The third-order valence-corrected chi connectivity index (χ3v) is 2.60. The lowest BCUT2D eigenvalue weighted by Crippen LogP contribution is -2.20. The van der Waals surface area contributed by atoms with E-state index < -0.39 is 18.4 Å². The summed E-state index contributed by atoms with van der Waals surface area (Å²) in [5, 5.41) is 8.49. The minimum Gasteiger partial charge on any atom is -0.481 e. The molecule has 1 atom stereocenters. The first-order valence-corrected chi connectivity index (χ1v) is 6.51. The smallest absolute Gasteiger partial charge is 0.317 e. The van der Waals surface area contributed by atoms with Crippen LogP contribution in [0.2, 0.25) is 0 Å². The number of hydrogen-bond acceptors (Lipinski definition) is 3. The highest BCUT2D eigenvalue weighted by Gasteiger charge is 2.16. The molecule has 0 aromatic heterocycles. The van der Waals surface area contributed by atoms with Crippen LogP contribution in [0.5, 0.6) is 0 Å². The van der Waals surface area contributed by atoms with Gasteiger partial charge in [0.25, 0.3) is 0 Å². The third kappa shape index (κ3) is 9.85. The highest BCUT2D eigenvalue weighted by Crippen LogP contribution is 2.14. The normalized spacial score (nSPS) is 12.1. The van der Waals surface area contributed by atoms with Gasteiger partial charge in [0.15, 0.2) is 0 Å². The van der Waals surface area contributed by atoms with Gasteiger partial charge in [-0.3, -0.25) is 9.59 Å². The molecule has 0 aromatic rings. The topological polar surface area (TPSA) is 63.6 Å². The molecule has 17 heavy (non-hydrogen) atoms. The summed E-state index contributed by atoms with van der Waals surface area (Å²) in [5.41, 5.74) is 0. The van der Waals surface area contributed by atoms with Gasteiger partial charge in [0.2, 0.25) is 0 Å². The molecule has 0 bridgehead atoms. The molecule has 1 N–H and O–H groups in total. The zero-order valence-electron chi connectivity index (χ0n) is 10.9. The van der Waals surface area contributed by atoms with Crippen LogP contribution in [0.3, 0.4) is 0 Å². The molecule has 1 unspecified atom stereocenters. The molecule has 0 aliphatic rings. The average Bonchev–Trinajstić information content (AvgIpc) is 2.24.